The van der Waals surface area contributed by atoms with E-state index in [1.54, 1.807) is 0 Å². The highest BCUT2D eigenvalue weighted by atomic mass is 15.2. The molecule has 3 aromatic carbocycles. The van der Waals surface area contributed by atoms with Gasteiger partial charge in [-0.05, 0) is 102 Å². The van der Waals surface area contributed by atoms with Crippen molar-refractivity contribution in [1.82, 2.24) is 9.97 Å². The largest absolute Gasteiger partial charge is 0.296 e. The molecule has 49 heavy (non-hydrogen) atoms. The van der Waals surface area contributed by atoms with Gasteiger partial charge in [0.2, 0.25) is 0 Å². The standard InChI is InChI=1S/C45H58BN3/c1-40(2,3)27-16-17-34-36(23-27)49(30-21-28(41(4,5)6)20-29(22-30)42(7,8)9)39-37-38(47-26-48-39)45(14,15)33-24-31-32(25-35(33)46(34)37)44(12,13)19-18-43(31,10)11/h16-17,20-26H,18-19H2,1-15H3. The van der Waals surface area contributed by atoms with Crippen molar-refractivity contribution in [2.45, 2.75) is 149 Å². The number of anilines is 3. The summed E-state index contributed by atoms with van der Waals surface area (Å²) in [5.41, 5.74) is 16.1. The smallest absolute Gasteiger partial charge is 0.251 e. The molecule has 7 rings (SSSR count). The Labute approximate surface area is 297 Å². The van der Waals surface area contributed by atoms with Crippen LogP contribution in [0.2, 0.25) is 0 Å². The van der Waals surface area contributed by atoms with Gasteiger partial charge < -0.3 is 0 Å². The fraction of sp³-hybridized carbons (Fsp3) is 0.511. The number of benzene rings is 3. The normalized spacial score (nSPS) is 18.8. The Morgan fingerprint density at radius 3 is 1.69 bits per heavy atom. The molecule has 1 aliphatic carbocycles. The van der Waals surface area contributed by atoms with Crippen LogP contribution in [0, 0.1) is 0 Å². The maximum Gasteiger partial charge on any atom is 0.251 e. The lowest BCUT2D eigenvalue weighted by Crippen LogP contribution is -2.65. The molecule has 3 heterocycles. The van der Waals surface area contributed by atoms with Gasteiger partial charge in [-0.25, -0.2) is 9.97 Å². The van der Waals surface area contributed by atoms with E-state index in [9.17, 15) is 0 Å². The van der Waals surface area contributed by atoms with Crippen molar-refractivity contribution in [3.63, 3.8) is 0 Å². The summed E-state index contributed by atoms with van der Waals surface area (Å²) < 4.78 is 0. The van der Waals surface area contributed by atoms with Crippen LogP contribution in [0.4, 0.5) is 17.2 Å². The Morgan fingerprint density at radius 2 is 1.14 bits per heavy atom. The predicted molar refractivity (Wildman–Crippen MR) is 211 cm³/mol. The van der Waals surface area contributed by atoms with E-state index < -0.39 is 0 Å². The molecule has 1 aromatic heterocycles. The Bertz CT molecular complexity index is 1980. The Morgan fingerprint density at radius 1 is 0.592 bits per heavy atom. The lowest BCUT2D eigenvalue weighted by molar-refractivity contribution is 0.331. The van der Waals surface area contributed by atoms with Gasteiger partial charge in [-0.15, -0.1) is 0 Å². The highest BCUT2D eigenvalue weighted by Gasteiger charge is 2.50. The molecule has 4 heteroatoms. The summed E-state index contributed by atoms with van der Waals surface area (Å²) in [5, 5.41) is 0. The highest BCUT2D eigenvalue weighted by Crippen LogP contribution is 2.49. The number of hydrogen-bond donors (Lipinski definition) is 0. The summed E-state index contributed by atoms with van der Waals surface area (Å²) in [7, 11) is 0. The van der Waals surface area contributed by atoms with E-state index in [2.05, 4.69) is 157 Å². The van der Waals surface area contributed by atoms with E-state index in [0.29, 0.717) is 0 Å². The third-order valence-electron chi connectivity index (χ3n) is 12.3. The first-order valence-electron chi connectivity index (χ1n) is 18.6. The fourth-order valence-corrected chi connectivity index (χ4v) is 8.77. The molecule has 0 atom stereocenters. The Kier molecular flexibility index (Phi) is 7.18. The number of rotatable bonds is 1. The minimum Gasteiger partial charge on any atom is -0.296 e. The Balaban J connectivity index is 1.59. The first kappa shape index (κ1) is 34.1. The minimum absolute atomic E-state index is 0.00276. The van der Waals surface area contributed by atoms with Crippen LogP contribution in [0.25, 0.3) is 0 Å². The average molecular weight is 652 g/mol. The first-order chi connectivity index (χ1) is 22.4. The van der Waals surface area contributed by atoms with Crippen LogP contribution in [0.5, 0.6) is 0 Å². The third-order valence-corrected chi connectivity index (χ3v) is 12.3. The van der Waals surface area contributed by atoms with Crippen LogP contribution in [0.15, 0.2) is 54.9 Å². The quantitative estimate of drug-likeness (QED) is 0.169. The second-order valence-corrected chi connectivity index (χ2v) is 20.4. The van der Waals surface area contributed by atoms with Crippen LogP contribution < -0.4 is 21.3 Å². The van der Waals surface area contributed by atoms with Crippen molar-refractivity contribution < 1.29 is 0 Å². The van der Waals surface area contributed by atoms with E-state index in [4.69, 9.17) is 9.97 Å². The zero-order valence-electron chi connectivity index (χ0n) is 33.0. The van der Waals surface area contributed by atoms with Crippen molar-refractivity contribution in [1.29, 1.82) is 0 Å². The van der Waals surface area contributed by atoms with Crippen LogP contribution >= 0.6 is 0 Å². The molecule has 0 fully saturated rings. The summed E-state index contributed by atoms with van der Waals surface area (Å²) >= 11 is 0. The molecular weight excluding hydrogens is 593 g/mol. The van der Waals surface area contributed by atoms with E-state index in [1.165, 1.54) is 74.0 Å². The minimum atomic E-state index is -0.274. The molecule has 4 aromatic rings. The van der Waals surface area contributed by atoms with Gasteiger partial charge >= 0.3 is 0 Å². The van der Waals surface area contributed by atoms with Gasteiger partial charge in [-0.2, -0.15) is 0 Å². The van der Waals surface area contributed by atoms with Gasteiger partial charge in [0.05, 0.1) is 5.69 Å². The molecule has 3 nitrogen and oxygen atoms in total. The van der Waals surface area contributed by atoms with E-state index in [-0.39, 0.29) is 39.2 Å². The van der Waals surface area contributed by atoms with Gasteiger partial charge in [0.15, 0.2) is 0 Å². The molecule has 0 spiro atoms. The molecule has 0 unspecified atom stereocenters. The monoisotopic (exact) mass is 651 g/mol. The summed E-state index contributed by atoms with van der Waals surface area (Å²) in [6, 6.07) is 19.7. The zero-order chi connectivity index (χ0) is 35.9. The van der Waals surface area contributed by atoms with Crippen LogP contribution in [0.3, 0.4) is 0 Å². The molecule has 256 valence electrons. The summed E-state index contributed by atoms with van der Waals surface area (Å²) in [4.78, 5) is 12.9. The van der Waals surface area contributed by atoms with Crippen molar-refractivity contribution in [2.75, 3.05) is 4.90 Å². The van der Waals surface area contributed by atoms with E-state index in [0.717, 1.165) is 11.5 Å². The summed E-state index contributed by atoms with van der Waals surface area (Å²) in [5.74, 6) is 1.02. The van der Waals surface area contributed by atoms with Gasteiger partial charge in [-0.3, -0.25) is 4.90 Å². The molecule has 0 bridgehead atoms. The van der Waals surface area contributed by atoms with Gasteiger partial charge in [-0.1, -0.05) is 140 Å². The third kappa shape index (κ3) is 5.21. The predicted octanol–water partition coefficient (Wildman–Crippen LogP) is 9.66. The lowest BCUT2D eigenvalue weighted by Gasteiger charge is -2.47. The molecule has 0 radical (unpaired) electrons. The molecule has 0 saturated carbocycles. The topological polar surface area (TPSA) is 29.0 Å². The molecule has 0 amide bonds. The van der Waals surface area contributed by atoms with E-state index in [1.807, 2.05) is 6.33 Å². The van der Waals surface area contributed by atoms with Crippen molar-refractivity contribution >= 4 is 40.3 Å². The number of hydrogen-bond acceptors (Lipinski definition) is 3. The van der Waals surface area contributed by atoms with Crippen molar-refractivity contribution in [3.8, 4) is 0 Å². The lowest BCUT2D eigenvalue weighted by atomic mass is 9.30. The molecule has 0 saturated heterocycles. The second-order valence-electron chi connectivity index (χ2n) is 20.4. The van der Waals surface area contributed by atoms with Crippen LogP contribution in [-0.4, -0.2) is 16.7 Å². The molecular formula is C45H58BN3. The highest BCUT2D eigenvalue weighted by molar-refractivity contribution is 6.98. The molecule has 2 aliphatic heterocycles. The number of aromatic nitrogens is 2. The van der Waals surface area contributed by atoms with Crippen molar-refractivity contribution in [3.05, 3.63) is 93.9 Å². The number of fused-ring (bicyclic) bond motifs is 5. The fourth-order valence-electron chi connectivity index (χ4n) is 8.77. The summed E-state index contributed by atoms with van der Waals surface area (Å²) in [6.07, 6.45) is 4.23. The van der Waals surface area contributed by atoms with E-state index >= 15 is 0 Å². The maximum absolute atomic E-state index is 5.24. The second kappa shape index (κ2) is 10.3. The van der Waals surface area contributed by atoms with Gasteiger partial charge in [0, 0.05) is 16.8 Å². The van der Waals surface area contributed by atoms with Crippen molar-refractivity contribution in [2.24, 2.45) is 0 Å². The first-order valence-corrected chi connectivity index (χ1v) is 18.6. The summed E-state index contributed by atoms with van der Waals surface area (Å²) in [6.45, 7) is 35.5. The number of nitrogens with zero attached hydrogens (tertiary/aromatic N) is 3. The van der Waals surface area contributed by atoms with Crippen LogP contribution in [-0.2, 0) is 32.5 Å². The molecule has 0 N–H and O–H groups in total. The average Bonchev–Trinajstić information content (AvgIpc) is 2.99. The van der Waals surface area contributed by atoms with Crippen LogP contribution in [0.1, 0.15) is 156 Å². The maximum atomic E-state index is 5.24. The Hall–Kier alpha value is -3.40. The van der Waals surface area contributed by atoms with Gasteiger partial charge in [0.25, 0.3) is 6.71 Å². The molecule has 3 aliphatic rings. The van der Waals surface area contributed by atoms with Gasteiger partial charge in [0.1, 0.15) is 12.1 Å². The SMILES string of the molecule is CC(C)(C)c1cc(N2c3cc(C(C)(C)C)ccc3B3c4cc5c(cc4C(C)(C)c4ncnc2c43)C(C)(C)CCC5(C)C)cc(C(C)(C)C)c1. The zero-order valence-corrected chi connectivity index (χ0v) is 33.0.